The Morgan fingerprint density at radius 2 is 2.25 bits per heavy atom. The summed E-state index contributed by atoms with van der Waals surface area (Å²) in [5.74, 6) is 2.23. The molecule has 0 aliphatic carbocycles. The fraction of sp³-hybridized carbons (Fsp3) is 0.500. The number of halogens is 1. The lowest BCUT2D eigenvalue weighted by Crippen LogP contribution is -2.19. The largest absolute Gasteiger partial charge is 0.497 e. The Hall–Kier alpha value is -1.07. The molecule has 1 heterocycles. The lowest BCUT2D eigenvalue weighted by Gasteiger charge is -2.13. The Morgan fingerprint density at radius 1 is 1.50 bits per heavy atom. The van der Waals surface area contributed by atoms with Gasteiger partial charge in [-0.25, -0.2) is 4.98 Å². The maximum Gasteiger partial charge on any atom is 0.121 e. The molecule has 2 rings (SSSR count). The molecule has 0 aliphatic rings. The van der Waals surface area contributed by atoms with Crippen LogP contribution in [0.5, 0.6) is 5.75 Å². The van der Waals surface area contributed by atoms with Crippen LogP contribution in [0.15, 0.2) is 18.2 Å². The number of benzene rings is 1. The van der Waals surface area contributed by atoms with Gasteiger partial charge in [0.1, 0.15) is 11.6 Å². The molecule has 0 saturated carbocycles. The van der Waals surface area contributed by atoms with Crippen LogP contribution in [-0.2, 0) is 23.8 Å². The van der Waals surface area contributed by atoms with Gasteiger partial charge in [0, 0.05) is 47.2 Å². The van der Waals surface area contributed by atoms with E-state index < -0.39 is 10.8 Å². The van der Waals surface area contributed by atoms with Crippen LogP contribution in [-0.4, -0.2) is 38.3 Å². The molecule has 0 fully saturated rings. The summed E-state index contributed by atoms with van der Waals surface area (Å²) in [5, 5.41) is 0.0728. The van der Waals surface area contributed by atoms with Gasteiger partial charge in [-0.1, -0.05) is 0 Å². The fourth-order valence-corrected chi connectivity index (χ4v) is 2.66. The first kappa shape index (κ1) is 15.3. The maximum absolute atomic E-state index is 11.6. The van der Waals surface area contributed by atoms with Gasteiger partial charge >= 0.3 is 0 Å². The van der Waals surface area contributed by atoms with E-state index in [0.717, 1.165) is 22.6 Å². The minimum absolute atomic E-state index is 0.0728. The first-order valence-corrected chi connectivity index (χ1v) is 8.63. The SMILES string of the molecule is COc1ccc2c(c1)nc(CCCl)n2CC(C)S(C)=O. The second-order valence-corrected chi connectivity index (χ2v) is 6.92. The highest BCUT2D eigenvalue weighted by molar-refractivity contribution is 7.84. The summed E-state index contributed by atoms with van der Waals surface area (Å²) in [6.07, 6.45) is 2.43. The Balaban J connectivity index is 2.48. The van der Waals surface area contributed by atoms with Crippen LogP contribution in [0.1, 0.15) is 12.7 Å². The van der Waals surface area contributed by atoms with Crippen molar-refractivity contribution in [2.24, 2.45) is 0 Å². The van der Waals surface area contributed by atoms with Gasteiger partial charge in [0.25, 0.3) is 0 Å². The highest BCUT2D eigenvalue weighted by atomic mass is 35.5. The van der Waals surface area contributed by atoms with Gasteiger partial charge in [0.15, 0.2) is 0 Å². The van der Waals surface area contributed by atoms with Crippen LogP contribution >= 0.6 is 11.6 Å². The van der Waals surface area contributed by atoms with Crippen LogP contribution in [0.25, 0.3) is 11.0 Å². The zero-order valence-corrected chi connectivity index (χ0v) is 13.5. The summed E-state index contributed by atoms with van der Waals surface area (Å²) < 4.78 is 18.9. The molecule has 110 valence electrons. The lowest BCUT2D eigenvalue weighted by atomic mass is 10.3. The molecule has 0 aliphatic heterocycles. The van der Waals surface area contributed by atoms with E-state index in [9.17, 15) is 4.21 Å². The number of imidazole rings is 1. The number of hydrogen-bond donors (Lipinski definition) is 0. The van der Waals surface area contributed by atoms with E-state index in [1.54, 1.807) is 13.4 Å². The molecule has 0 bridgehead atoms. The van der Waals surface area contributed by atoms with Crippen molar-refractivity contribution in [3.8, 4) is 5.75 Å². The Kier molecular flexibility index (Phi) is 5.05. The van der Waals surface area contributed by atoms with E-state index in [1.165, 1.54) is 0 Å². The number of aromatic nitrogens is 2. The van der Waals surface area contributed by atoms with Crippen molar-refractivity contribution in [2.45, 2.75) is 25.1 Å². The summed E-state index contributed by atoms with van der Waals surface area (Å²) in [6, 6.07) is 5.82. The number of hydrogen-bond acceptors (Lipinski definition) is 3. The molecule has 20 heavy (non-hydrogen) atoms. The third-order valence-electron chi connectivity index (χ3n) is 3.36. The monoisotopic (exact) mass is 314 g/mol. The first-order valence-electron chi connectivity index (χ1n) is 6.48. The zero-order valence-electron chi connectivity index (χ0n) is 11.9. The highest BCUT2D eigenvalue weighted by Crippen LogP contribution is 2.23. The van der Waals surface area contributed by atoms with Crippen molar-refractivity contribution in [1.29, 1.82) is 0 Å². The summed E-state index contributed by atoms with van der Waals surface area (Å²) >= 11 is 5.86. The van der Waals surface area contributed by atoms with Crippen LogP contribution in [0, 0.1) is 0 Å². The van der Waals surface area contributed by atoms with Gasteiger partial charge in [0.2, 0.25) is 0 Å². The van der Waals surface area contributed by atoms with Crippen molar-refractivity contribution in [3.63, 3.8) is 0 Å². The molecule has 1 aromatic carbocycles. The standard InChI is InChI=1S/C14H19ClN2O2S/c1-10(20(3)18)9-17-13-5-4-11(19-2)8-12(13)16-14(17)6-7-15/h4-5,8,10H,6-7,9H2,1-3H3. The third-order valence-corrected chi connectivity index (χ3v) is 4.83. The minimum atomic E-state index is -0.862. The Morgan fingerprint density at radius 3 is 2.85 bits per heavy atom. The quantitative estimate of drug-likeness (QED) is 0.770. The van der Waals surface area contributed by atoms with Gasteiger partial charge in [-0.2, -0.15) is 0 Å². The number of aryl methyl sites for hydroxylation is 1. The number of rotatable bonds is 6. The Labute approximate surface area is 126 Å². The minimum Gasteiger partial charge on any atom is -0.497 e. The number of nitrogens with zero attached hydrogens (tertiary/aromatic N) is 2. The van der Waals surface area contributed by atoms with E-state index >= 15 is 0 Å². The van der Waals surface area contributed by atoms with E-state index in [4.69, 9.17) is 16.3 Å². The lowest BCUT2D eigenvalue weighted by molar-refractivity contribution is 0.415. The number of alkyl halides is 1. The van der Waals surface area contributed by atoms with Crippen LogP contribution in [0.3, 0.4) is 0 Å². The normalized spacial score (nSPS) is 14.4. The summed E-state index contributed by atoms with van der Waals surface area (Å²) in [4.78, 5) is 4.62. The molecule has 0 radical (unpaired) electrons. The second-order valence-electron chi connectivity index (χ2n) is 4.74. The smallest absolute Gasteiger partial charge is 0.121 e. The van der Waals surface area contributed by atoms with Crippen LogP contribution in [0.2, 0.25) is 0 Å². The third kappa shape index (κ3) is 3.15. The Bertz CT molecular complexity index is 627. The molecule has 2 aromatic rings. The molecular formula is C14H19ClN2O2S. The fourth-order valence-electron chi connectivity index (χ4n) is 2.13. The molecule has 0 spiro atoms. The molecule has 2 unspecified atom stereocenters. The van der Waals surface area contributed by atoms with Crippen LogP contribution < -0.4 is 4.74 Å². The maximum atomic E-state index is 11.6. The molecule has 0 amide bonds. The number of methoxy groups -OCH3 is 1. The molecular weight excluding hydrogens is 296 g/mol. The van der Waals surface area contributed by atoms with Gasteiger partial charge in [0.05, 0.1) is 18.1 Å². The van der Waals surface area contributed by atoms with Gasteiger partial charge in [-0.05, 0) is 19.1 Å². The van der Waals surface area contributed by atoms with E-state index in [1.807, 2.05) is 25.1 Å². The summed E-state index contributed by atoms with van der Waals surface area (Å²) in [5.41, 5.74) is 1.92. The van der Waals surface area contributed by atoms with E-state index in [0.29, 0.717) is 18.8 Å². The topological polar surface area (TPSA) is 44.1 Å². The van der Waals surface area contributed by atoms with Gasteiger partial charge < -0.3 is 9.30 Å². The van der Waals surface area contributed by atoms with Crippen molar-refractivity contribution in [1.82, 2.24) is 9.55 Å². The molecule has 0 N–H and O–H groups in total. The summed E-state index contributed by atoms with van der Waals surface area (Å²) in [6.45, 7) is 2.66. The first-order chi connectivity index (χ1) is 9.56. The second kappa shape index (κ2) is 6.59. The van der Waals surface area contributed by atoms with Gasteiger partial charge in [-0.3, -0.25) is 4.21 Å². The van der Waals surface area contributed by atoms with Crippen molar-refractivity contribution in [2.75, 3.05) is 19.2 Å². The predicted octanol–water partition coefficient (Wildman–Crippen LogP) is 2.59. The number of ether oxygens (including phenoxy) is 1. The van der Waals surface area contributed by atoms with Crippen molar-refractivity contribution >= 4 is 33.4 Å². The molecule has 2 atom stereocenters. The van der Waals surface area contributed by atoms with E-state index in [-0.39, 0.29) is 5.25 Å². The average molecular weight is 315 g/mol. The van der Waals surface area contributed by atoms with Crippen LogP contribution in [0.4, 0.5) is 0 Å². The van der Waals surface area contributed by atoms with Crippen molar-refractivity contribution < 1.29 is 8.95 Å². The average Bonchev–Trinajstić information content (AvgIpc) is 2.76. The molecule has 1 aromatic heterocycles. The zero-order chi connectivity index (χ0) is 14.7. The highest BCUT2D eigenvalue weighted by Gasteiger charge is 2.15. The molecule has 6 heteroatoms. The van der Waals surface area contributed by atoms with Gasteiger partial charge in [-0.15, -0.1) is 11.6 Å². The summed E-state index contributed by atoms with van der Waals surface area (Å²) in [7, 11) is 0.777. The predicted molar refractivity (Wildman–Crippen MR) is 84.2 cm³/mol. The number of fused-ring (bicyclic) bond motifs is 1. The van der Waals surface area contributed by atoms with Crippen molar-refractivity contribution in [3.05, 3.63) is 24.0 Å². The van der Waals surface area contributed by atoms with E-state index in [2.05, 4.69) is 9.55 Å². The molecule has 0 saturated heterocycles. The molecule has 4 nitrogen and oxygen atoms in total.